The van der Waals surface area contributed by atoms with Crippen molar-refractivity contribution < 1.29 is 18.3 Å². The number of thioether (sulfide) groups is 1. The van der Waals surface area contributed by atoms with Crippen LogP contribution in [0.15, 0.2) is 47.6 Å². The molecule has 2 aromatic rings. The molecule has 23 heavy (non-hydrogen) atoms. The van der Waals surface area contributed by atoms with Crippen molar-refractivity contribution in [3.05, 3.63) is 53.7 Å². The Morgan fingerprint density at radius 3 is 2.70 bits per heavy atom. The van der Waals surface area contributed by atoms with E-state index in [2.05, 4.69) is 10.3 Å². The van der Waals surface area contributed by atoms with Crippen molar-refractivity contribution in [2.24, 2.45) is 0 Å². The number of pyridine rings is 1. The Bertz CT molecular complexity index is 683. The Kier molecular flexibility index (Phi) is 5.92. The first-order valence-corrected chi connectivity index (χ1v) is 7.74. The summed E-state index contributed by atoms with van der Waals surface area (Å²) in [5.41, 5.74) is 0.926. The van der Waals surface area contributed by atoms with Crippen LogP contribution < -0.4 is 10.1 Å². The van der Waals surface area contributed by atoms with E-state index in [1.807, 2.05) is 18.2 Å². The zero-order chi connectivity index (χ0) is 16.8. The van der Waals surface area contributed by atoms with Gasteiger partial charge in [0.2, 0.25) is 0 Å². The fourth-order valence-electron chi connectivity index (χ4n) is 2.12. The Morgan fingerprint density at radius 2 is 2.00 bits per heavy atom. The van der Waals surface area contributed by atoms with Crippen molar-refractivity contribution in [2.75, 3.05) is 7.11 Å². The number of alkyl halides is 2. The van der Waals surface area contributed by atoms with E-state index in [4.69, 9.17) is 4.74 Å². The van der Waals surface area contributed by atoms with Gasteiger partial charge in [-0.25, -0.2) is 4.98 Å². The smallest absolute Gasteiger partial charge is 0.290 e. The van der Waals surface area contributed by atoms with Gasteiger partial charge in [0.25, 0.3) is 11.7 Å². The highest BCUT2D eigenvalue weighted by atomic mass is 32.2. The summed E-state index contributed by atoms with van der Waals surface area (Å²) >= 11 is 0.254. The number of hydrogen-bond donors (Lipinski definition) is 1. The van der Waals surface area contributed by atoms with Gasteiger partial charge in [-0.05, 0) is 36.9 Å². The van der Waals surface area contributed by atoms with Gasteiger partial charge < -0.3 is 10.1 Å². The number of aromatic nitrogens is 1. The molecule has 0 aliphatic heterocycles. The molecule has 122 valence electrons. The Balaban J connectivity index is 2.19. The Morgan fingerprint density at radius 1 is 1.26 bits per heavy atom. The van der Waals surface area contributed by atoms with Crippen LogP contribution in [-0.2, 0) is 0 Å². The van der Waals surface area contributed by atoms with E-state index in [0.29, 0.717) is 5.75 Å². The molecule has 0 saturated heterocycles. The number of nitrogens with one attached hydrogen (secondary N) is 1. The number of methoxy groups -OCH3 is 1. The van der Waals surface area contributed by atoms with Crippen LogP contribution in [0.3, 0.4) is 0 Å². The fourth-order valence-corrected chi connectivity index (χ4v) is 2.70. The zero-order valence-corrected chi connectivity index (χ0v) is 13.4. The number of carbonyl (C=O) groups excluding carboxylic acids is 1. The highest BCUT2D eigenvalue weighted by Gasteiger charge is 2.19. The predicted octanol–water partition coefficient (Wildman–Crippen LogP) is 3.90. The van der Waals surface area contributed by atoms with Crippen LogP contribution in [0.1, 0.15) is 28.9 Å². The van der Waals surface area contributed by atoms with E-state index in [9.17, 15) is 13.6 Å². The molecule has 7 heteroatoms. The number of ether oxygens (including phenoxy) is 1. The van der Waals surface area contributed by atoms with Crippen LogP contribution in [0.25, 0.3) is 0 Å². The summed E-state index contributed by atoms with van der Waals surface area (Å²) in [4.78, 5) is 16.2. The van der Waals surface area contributed by atoms with E-state index in [1.165, 1.54) is 18.3 Å². The maximum atomic E-state index is 12.6. The number of nitrogens with zero attached hydrogens (tertiary/aromatic N) is 1. The predicted molar refractivity (Wildman–Crippen MR) is 85.0 cm³/mol. The van der Waals surface area contributed by atoms with Gasteiger partial charge in [0.1, 0.15) is 10.8 Å². The second-order valence-electron chi connectivity index (χ2n) is 4.67. The molecule has 0 bridgehead atoms. The summed E-state index contributed by atoms with van der Waals surface area (Å²) in [5, 5.41) is 2.79. The van der Waals surface area contributed by atoms with Crippen LogP contribution in [0.4, 0.5) is 8.78 Å². The van der Waals surface area contributed by atoms with Crippen molar-refractivity contribution in [3.8, 4) is 5.75 Å². The highest BCUT2D eigenvalue weighted by Crippen LogP contribution is 2.28. The summed E-state index contributed by atoms with van der Waals surface area (Å²) < 4.78 is 30.4. The minimum Gasteiger partial charge on any atom is -0.496 e. The molecule has 1 atom stereocenters. The third-order valence-electron chi connectivity index (χ3n) is 3.17. The lowest BCUT2D eigenvalue weighted by Crippen LogP contribution is -2.27. The van der Waals surface area contributed by atoms with Gasteiger partial charge in [-0.15, -0.1) is 0 Å². The Hall–Kier alpha value is -2.15. The molecular formula is C16H16F2N2O2S. The van der Waals surface area contributed by atoms with Crippen LogP contribution in [0.5, 0.6) is 5.75 Å². The van der Waals surface area contributed by atoms with E-state index >= 15 is 0 Å². The monoisotopic (exact) mass is 338 g/mol. The second-order valence-corrected chi connectivity index (χ2v) is 5.65. The molecule has 0 fully saturated rings. The summed E-state index contributed by atoms with van der Waals surface area (Å²) in [6.07, 6.45) is 1.38. The summed E-state index contributed by atoms with van der Waals surface area (Å²) in [5.74, 6) is -2.45. The quantitative estimate of drug-likeness (QED) is 0.812. The standard InChI is InChI=1S/C16H16F2N2O2S/c1-10(11-6-3-4-8-13(11)22-2)20-14(21)12-7-5-9-19-15(12)23-16(17)18/h3-10,16H,1-2H3,(H,20,21). The summed E-state index contributed by atoms with van der Waals surface area (Å²) in [6, 6.07) is 9.96. The van der Waals surface area contributed by atoms with Crippen LogP contribution >= 0.6 is 11.8 Å². The fraction of sp³-hybridized carbons (Fsp3) is 0.250. The molecule has 0 radical (unpaired) electrons. The molecule has 1 unspecified atom stereocenters. The number of hydrogen-bond acceptors (Lipinski definition) is 4. The molecule has 4 nitrogen and oxygen atoms in total. The molecule has 0 aliphatic carbocycles. The first-order valence-electron chi connectivity index (χ1n) is 6.86. The third kappa shape index (κ3) is 4.41. The van der Waals surface area contributed by atoms with E-state index in [1.54, 1.807) is 20.1 Å². The lowest BCUT2D eigenvalue weighted by Gasteiger charge is -2.18. The van der Waals surface area contributed by atoms with Crippen LogP contribution in [0.2, 0.25) is 0 Å². The van der Waals surface area contributed by atoms with Crippen molar-refractivity contribution in [1.29, 1.82) is 0 Å². The molecule has 0 saturated carbocycles. The van der Waals surface area contributed by atoms with Crippen molar-refractivity contribution in [1.82, 2.24) is 10.3 Å². The molecular weight excluding hydrogens is 322 g/mol. The van der Waals surface area contributed by atoms with Gasteiger partial charge >= 0.3 is 0 Å². The second kappa shape index (κ2) is 7.92. The van der Waals surface area contributed by atoms with Crippen molar-refractivity contribution >= 4 is 17.7 Å². The maximum Gasteiger partial charge on any atom is 0.290 e. The number of para-hydroxylation sites is 1. The topological polar surface area (TPSA) is 51.2 Å². The average molecular weight is 338 g/mol. The molecule has 2 rings (SSSR count). The number of benzene rings is 1. The lowest BCUT2D eigenvalue weighted by atomic mass is 10.1. The first kappa shape index (κ1) is 17.2. The Labute approximate surface area is 137 Å². The average Bonchev–Trinajstić information content (AvgIpc) is 2.54. The minimum atomic E-state index is -2.64. The summed E-state index contributed by atoms with van der Waals surface area (Å²) in [7, 11) is 1.55. The van der Waals surface area contributed by atoms with Crippen LogP contribution in [-0.4, -0.2) is 23.8 Å². The number of halogens is 2. The van der Waals surface area contributed by atoms with Crippen molar-refractivity contribution in [2.45, 2.75) is 23.7 Å². The van der Waals surface area contributed by atoms with Gasteiger partial charge in [-0.3, -0.25) is 4.79 Å². The molecule has 1 aromatic heterocycles. The van der Waals surface area contributed by atoms with E-state index in [0.717, 1.165) is 5.56 Å². The summed E-state index contributed by atoms with van der Waals surface area (Å²) in [6.45, 7) is 1.80. The molecule has 1 amide bonds. The van der Waals surface area contributed by atoms with Gasteiger partial charge in [-0.1, -0.05) is 18.2 Å². The molecule has 1 N–H and O–H groups in total. The van der Waals surface area contributed by atoms with Crippen molar-refractivity contribution in [3.63, 3.8) is 0 Å². The van der Waals surface area contributed by atoms with Gasteiger partial charge in [0, 0.05) is 11.8 Å². The molecule has 0 aliphatic rings. The SMILES string of the molecule is COc1ccccc1C(C)NC(=O)c1cccnc1SC(F)F. The first-order chi connectivity index (χ1) is 11.0. The molecule has 1 heterocycles. The normalized spacial score (nSPS) is 12.0. The maximum absolute atomic E-state index is 12.6. The van der Waals surface area contributed by atoms with E-state index in [-0.39, 0.29) is 28.4 Å². The van der Waals surface area contributed by atoms with E-state index < -0.39 is 11.7 Å². The third-order valence-corrected chi connectivity index (χ3v) is 3.90. The zero-order valence-electron chi connectivity index (χ0n) is 12.6. The van der Waals surface area contributed by atoms with Gasteiger partial charge in [0.05, 0.1) is 18.7 Å². The highest BCUT2D eigenvalue weighted by molar-refractivity contribution is 7.99. The largest absolute Gasteiger partial charge is 0.496 e. The number of amides is 1. The molecule has 0 spiro atoms. The van der Waals surface area contributed by atoms with Crippen LogP contribution in [0, 0.1) is 0 Å². The van der Waals surface area contributed by atoms with Gasteiger partial charge in [0.15, 0.2) is 0 Å². The molecule has 1 aromatic carbocycles. The lowest BCUT2D eigenvalue weighted by molar-refractivity contribution is 0.0936. The minimum absolute atomic E-state index is 0.00669. The van der Waals surface area contributed by atoms with Gasteiger partial charge in [-0.2, -0.15) is 8.78 Å². The number of rotatable bonds is 6. The number of carbonyl (C=O) groups is 1.